The van der Waals surface area contributed by atoms with Crippen molar-refractivity contribution < 1.29 is 4.57 Å². The Morgan fingerprint density at radius 2 is 1.55 bits per heavy atom. The first-order valence-corrected chi connectivity index (χ1v) is 7.87. The van der Waals surface area contributed by atoms with E-state index in [4.69, 9.17) is 0 Å². The molecule has 0 bridgehead atoms. The lowest BCUT2D eigenvalue weighted by Gasteiger charge is -2.21. The van der Waals surface area contributed by atoms with Crippen molar-refractivity contribution >= 4 is 10.8 Å². The number of nitrogens with zero attached hydrogens (tertiary/aromatic N) is 1. The molecule has 0 fully saturated rings. The number of aryl methyl sites for hydroxylation is 2. The molecular weight excluding hydrogens is 266 g/mol. The van der Waals surface area contributed by atoms with E-state index in [0.29, 0.717) is 0 Å². The van der Waals surface area contributed by atoms with Crippen molar-refractivity contribution in [2.24, 2.45) is 7.05 Å². The number of fused-ring (bicyclic) bond motifs is 1. The van der Waals surface area contributed by atoms with Crippen LogP contribution in [0.2, 0.25) is 0 Å². The summed E-state index contributed by atoms with van der Waals surface area (Å²) in [6, 6.07) is 17.5. The van der Waals surface area contributed by atoms with Gasteiger partial charge in [-0.2, -0.15) is 0 Å². The molecule has 1 nitrogen and oxygen atoms in total. The van der Waals surface area contributed by atoms with Crippen molar-refractivity contribution in [1.82, 2.24) is 0 Å². The van der Waals surface area contributed by atoms with Crippen molar-refractivity contribution in [2.75, 3.05) is 0 Å². The van der Waals surface area contributed by atoms with Gasteiger partial charge in [0.05, 0.1) is 5.39 Å². The smallest absolute Gasteiger partial charge is 0.200 e. The van der Waals surface area contributed by atoms with E-state index in [1.54, 1.807) is 0 Å². The number of hydrogen-bond donors (Lipinski definition) is 0. The highest BCUT2D eigenvalue weighted by Crippen LogP contribution is 2.34. The molecule has 1 heterocycles. The number of rotatable bonds is 1. The molecule has 0 atom stereocenters. The lowest BCUT2D eigenvalue weighted by Crippen LogP contribution is -2.31. The fraction of sp³-hybridized carbons (Fsp3) is 0.286. The van der Waals surface area contributed by atoms with E-state index in [9.17, 15) is 0 Å². The third-order valence-electron chi connectivity index (χ3n) is 4.39. The van der Waals surface area contributed by atoms with Gasteiger partial charge in [0.15, 0.2) is 6.20 Å². The van der Waals surface area contributed by atoms with Crippen LogP contribution in [-0.4, -0.2) is 0 Å². The Morgan fingerprint density at radius 1 is 0.818 bits per heavy atom. The molecule has 1 heteroatoms. The minimum absolute atomic E-state index is 0.141. The third kappa shape index (κ3) is 2.41. The maximum Gasteiger partial charge on any atom is 0.220 e. The molecule has 0 radical (unpaired) electrons. The van der Waals surface area contributed by atoms with Gasteiger partial charge in [0, 0.05) is 11.6 Å². The highest BCUT2D eigenvalue weighted by molar-refractivity contribution is 5.95. The first-order chi connectivity index (χ1) is 10.4. The van der Waals surface area contributed by atoms with E-state index in [2.05, 4.69) is 94.0 Å². The Morgan fingerprint density at radius 3 is 2.23 bits per heavy atom. The molecule has 0 amide bonds. The Balaban J connectivity index is 2.41. The molecule has 0 aliphatic carbocycles. The van der Waals surface area contributed by atoms with Crippen molar-refractivity contribution in [1.29, 1.82) is 0 Å². The van der Waals surface area contributed by atoms with Crippen molar-refractivity contribution in [3.63, 3.8) is 0 Å². The molecule has 3 rings (SSSR count). The highest BCUT2D eigenvalue weighted by atomic mass is 14.9. The van der Waals surface area contributed by atoms with Crippen LogP contribution in [-0.2, 0) is 12.5 Å². The Hall–Kier alpha value is -2.15. The van der Waals surface area contributed by atoms with Gasteiger partial charge in [-0.15, -0.1) is 0 Å². The van der Waals surface area contributed by atoms with E-state index in [0.717, 1.165) is 0 Å². The van der Waals surface area contributed by atoms with E-state index < -0.39 is 0 Å². The molecule has 0 saturated heterocycles. The Labute approximate surface area is 133 Å². The number of aromatic nitrogens is 1. The number of hydrogen-bond acceptors (Lipinski definition) is 0. The Bertz CT molecular complexity index is 838. The summed E-state index contributed by atoms with van der Waals surface area (Å²) in [4.78, 5) is 0. The minimum atomic E-state index is 0.141. The van der Waals surface area contributed by atoms with Gasteiger partial charge in [-0.1, -0.05) is 51.1 Å². The Kier molecular flexibility index (Phi) is 3.52. The van der Waals surface area contributed by atoms with Crippen molar-refractivity contribution in [3.8, 4) is 11.3 Å². The summed E-state index contributed by atoms with van der Waals surface area (Å²) in [5.41, 5.74) is 5.46. The molecule has 0 saturated carbocycles. The lowest BCUT2D eigenvalue weighted by atomic mass is 9.83. The van der Waals surface area contributed by atoms with E-state index in [1.807, 2.05) is 0 Å². The zero-order chi connectivity index (χ0) is 15.9. The van der Waals surface area contributed by atoms with Crippen LogP contribution in [0.5, 0.6) is 0 Å². The lowest BCUT2D eigenvalue weighted by molar-refractivity contribution is -0.659. The van der Waals surface area contributed by atoms with Crippen LogP contribution in [0.15, 0.2) is 54.7 Å². The molecule has 2 aromatic carbocycles. The SMILES string of the molecule is Cc1ccccc1-c1c2cccc(C(C)(C)C)c2cc[n+]1C. The predicted octanol–water partition coefficient (Wildman–Crippen LogP) is 4.94. The average Bonchev–Trinajstić information content (AvgIpc) is 2.47. The fourth-order valence-electron chi connectivity index (χ4n) is 3.23. The predicted molar refractivity (Wildman–Crippen MR) is 94.0 cm³/mol. The molecule has 112 valence electrons. The van der Waals surface area contributed by atoms with Gasteiger partial charge in [-0.05, 0) is 41.0 Å². The van der Waals surface area contributed by atoms with Gasteiger partial charge in [0.1, 0.15) is 7.05 Å². The summed E-state index contributed by atoms with van der Waals surface area (Å²) < 4.78 is 2.23. The average molecular weight is 290 g/mol. The van der Waals surface area contributed by atoms with Crippen molar-refractivity contribution in [3.05, 3.63) is 65.9 Å². The van der Waals surface area contributed by atoms with Crippen LogP contribution in [0.4, 0.5) is 0 Å². The summed E-state index contributed by atoms with van der Waals surface area (Å²) in [6.07, 6.45) is 2.18. The summed E-state index contributed by atoms with van der Waals surface area (Å²) in [5, 5.41) is 2.68. The minimum Gasteiger partial charge on any atom is -0.200 e. The zero-order valence-corrected chi connectivity index (χ0v) is 14.1. The largest absolute Gasteiger partial charge is 0.220 e. The first-order valence-electron chi connectivity index (χ1n) is 7.87. The van der Waals surface area contributed by atoms with Crippen LogP contribution < -0.4 is 4.57 Å². The second kappa shape index (κ2) is 5.24. The van der Waals surface area contributed by atoms with Gasteiger partial charge in [0.25, 0.3) is 0 Å². The molecule has 3 aromatic rings. The van der Waals surface area contributed by atoms with Crippen molar-refractivity contribution in [2.45, 2.75) is 33.1 Å². The maximum atomic E-state index is 2.28. The van der Waals surface area contributed by atoms with Gasteiger partial charge >= 0.3 is 0 Å². The third-order valence-corrected chi connectivity index (χ3v) is 4.39. The molecular formula is C21H24N+. The first kappa shape index (κ1) is 14.8. The second-order valence-electron chi connectivity index (χ2n) is 7.11. The monoisotopic (exact) mass is 290 g/mol. The van der Waals surface area contributed by atoms with Crippen LogP contribution in [0.25, 0.3) is 22.0 Å². The van der Waals surface area contributed by atoms with Gasteiger partial charge in [0.2, 0.25) is 5.69 Å². The van der Waals surface area contributed by atoms with Crippen LogP contribution in [0.1, 0.15) is 31.9 Å². The van der Waals surface area contributed by atoms with Crippen LogP contribution in [0.3, 0.4) is 0 Å². The normalized spacial score (nSPS) is 11.9. The summed E-state index contributed by atoms with van der Waals surface area (Å²) >= 11 is 0. The molecule has 22 heavy (non-hydrogen) atoms. The second-order valence-corrected chi connectivity index (χ2v) is 7.11. The van der Waals surface area contributed by atoms with E-state index >= 15 is 0 Å². The van der Waals surface area contributed by atoms with E-state index in [-0.39, 0.29) is 5.41 Å². The summed E-state index contributed by atoms with van der Waals surface area (Å²) in [5.74, 6) is 0. The van der Waals surface area contributed by atoms with E-state index in [1.165, 1.54) is 33.2 Å². The highest BCUT2D eigenvalue weighted by Gasteiger charge is 2.22. The van der Waals surface area contributed by atoms with Gasteiger partial charge < -0.3 is 0 Å². The topological polar surface area (TPSA) is 3.88 Å². The molecule has 0 spiro atoms. The molecule has 0 aliphatic rings. The maximum absolute atomic E-state index is 2.28. The van der Waals surface area contributed by atoms with Gasteiger partial charge in [-0.3, -0.25) is 0 Å². The van der Waals surface area contributed by atoms with Crippen LogP contribution >= 0.6 is 0 Å². The molecule has 0 aliphatic heterocycles. The standard InChI is InChI=1S/C21H24N/c1-15-9-6-7-10-16(15)20-18-11-8-12-19(21(2,3)4)17(18)13-14-22(20)5/h6-14H,1-5H3/q+1. The molecule has 0 unspecified atom stereocenters. The summed E-state index contributed by atoms with van der Waals surface area (Å²) in [7, 11) is 2.13. The van der Waals surface area contributed by atoms with Crippen LogP contribution in [0, 0.1) is 6.92 Å². The number of benzene rings is 2. The van der Waals surface area contributed by atoms with Gasteiger partial charge in [-0.25, -0.2) is 4.57 Å². The number of pyridine rings is 1. The zero-order valence-electron chi connectivity index (χ0n) is 14.1. The quantitative estimate of drug-likeness (QED) is 0.559. The fourth-order valence-corrected chi connectivity index (χ4v) is 3.23. The molecule has 0 N–H and O–H groups in total. The summed E-state index contributed by atoms with van der Waals surface area (Å²) in [6.45, 7) is 9.02. The molecule has 1 aromatic heterocycles.